The van der Waals surface area contributed by atoms with Crippen LogP contribution in [-0.2, 0) is 0 Å². The first-order chi connectivity index (χ1) is 10.1. The molecule has 0 aliphatic heterocycles. The van der Waals surface area contributed by atoms with Gasteiger partial charge < -0.3 is 10.4 Å². The fourth-order valence-electron chi connectivity index (χ4n) is 1.58. The molecule has 2 aromatic rings. The Hall–Kier alpha value is -2.12. The summed E-state index contributed by atoms with van der Waals surface area (Å²) < 4.78 is 0.911. The van der Waals surface area contributed by atoms with E-state index in [0.717, 1.165) is 10.2 Å². The highest BCUT2D eigenvalue weighted by atomic mass is 79.9. The first-order valence-corrected chi connectivity index (χ1v) is 7.17. The lowest BCUT2D eigenvalue weighted by molar-refractivity contribution is 0.0941. The van der Waals surface area contributed by atoms with Crippen LogP contribution in [0.1, 0.15) is 10.4 Å². The number of phenolic OH excluding ortho intramolecular Hbond substituents is 1. The maximum absolute atomic E-state index is 11.8. The molecule has 0 saturated heterocycles. The van der Waals surface area contributed by atoms with Crippen LogP contribution in [0, 0.1) is 0 Å². The zero-order chi connectivity index (χ0) is 15.2. The molecule has 0 aliphatic carbocycles. The molecule has 0 radical (unpaired) electrons. The highest BCUT2D eigenvalue weighted by Crippen LogP contribution is 2.16. The predicted octanol–water partition coefficient (Wildman–Crippen LogP) is 2.79. The van der Waals surface area contributed by atoms with Crippen LogP contribution in [0.25, 0.3) is 0 Å². The van der Waals surface area contributed by atoms with Crippen molar-refractivity contribution in [3.8, 4) is 5.75 Å². The molecule has 21 heavy (non-hydrogen) atoms. The second kappa shape index (κ2) is 7.05. The standard InChI is InChI=1S/C14H12BrN3O2S/c15-9-4-3-5-10(8-9)16-14(21)18-17-13(20)11-6-1-2-7-12(11)19/h1-8,19H,(H,17,20)(H2,16,18,21). The van der Waals surface area contributed by atoms with Gasteiger partial charge in [0.1, 0.15) is 5.75 Å². The quantitative estimate of drug-likeness (QED) is 0.486. The molecule has 5 nitrogen and oxygen atoms in total. The number of phenols is 1. The van der Waals surface area contributed by atoms with Gasteiger partial charge in [-0.3, -0.25) is 15.6 Å². The lowest BCUT2D eigenvalue weighted by Gasteiger charge is -2.12. The molecule has 7 heteroatoms. The van der Waals surface area contributed by atoms with Gasteiger partial charge in [0.05, 0.1) is 5.56 Å². The first kappa shape index (κ1) is 15.3. The van der Waals surface area contributed by atoms with Gasteiger partial charge in [0.2, 0.25) is 0 Å². The van der Waals surface area contributed by atoms with Crippen LogP contribution in [0.2, 0.25) is 0 Å². The summed E-state index contributed by atoms with van der Waals surface area (Å²) in [4.78, 5) is 11.8. The third-order valence-electron chi connectivity index (χ3n) is 2.52. The van der Waals surface area contributed by atoms with Crippen LogP contribution in [0.5, 0.6) is 5.75 Å². The first-order valence-electron chi connectivity index (χ1n) is 5.97. The summed E-state index contributed by atoms with van der Waals surface area (Å²) in [7, 11) is 0. The Morgan fingerprint density at radius 2 is 1.86 bits per heavy atom. The second-order valence-electron chi connectivity index (χ2n) is 4.06. The normalized spacial score (nSPS) is 9.76. The number of hydrogen-bond donors (Lipinski definition) is 4. The van der Waals surface area contributed by atoms with Gasteiger partial charge in [0.15, 0.2) is 5.11 Å². The number of thiocarbonyl (C=S) groups is 1. The summed E-state index contributed by atoms with van der Waals surface area (Å²) in [6.07, 6.45) is 0. The minimum Gasteiger partial charge on any atom is -0.507 e. The summed E-state index contributed by atoms with van der Waals surface area (Å²) in [5.41, 5.74) is 5.92. The number of anilines is 1. The van der Waals surface area contributed by atoms with Gasteiger partial charge in [-0.1, -0.05) is 34.1 Å². The Balaban J connectivity index is 1.90. The fourth-order valence-corrected chi connectivity index (χ4v) is 2.14. The second-order valence-corrected chi connectivity index (χ2v) is 5.38. The zero-order valence-electron chi connectivity index (χ0n) is 10.8. The fraction of sp³-hybridized carbons (Fsp3) is 0. The van der Waals surface area contributed by atoms with E-state index >= 15 is 0 Å². The van der Waals surface area contributed by atoms with Crippen LogP contribution >= 0.6 is 28.1 Å². The highest BCUT2D eigenvalue weighted by molar-refractivity contribution is 9.10. The molecule has 0 spiro atoms. The number of para-hydroxylation sites is 1. The number of hydrazine groups is 1. The number of benzene rings is 2. The van der Waals surface area contributed by atoms with Gasteiger partial charge in [-0.05, 0) is 42.5 Å². The van der Waals surface area contributed by atoms with Crippen molar-refractivity contribution in [1.82, 2.24) is 10.9 Å². The van der Waals surface area contributed by atoms with Crippen molar-refractivity contribution >= 4 is 44.9 Å². The van der Waals surface area contributed by atoms with Crippen LogP contribution in [0.4, 0.5) is 5.69 Å². The molecule has 0 aliphatic rings. The Labute approximate surface area is 135 Å². The lowest BCUT2D eigenvalue weighted by Crippen LogP contribution is -2.43. The van der Waals surface area contributed by atoms with Crippen molar-refractivity contribution in [2.45, 2.75) is 0 Å². The molecular weight excluding hydrogens is 354 g/mol. The number of halogens is 1. The predicted molar refractivity (Wildman–Crippen MR) is 89.1 cm³/mol. The lowest BCUT2D eigenvalue weighted by atomic mass is 10.2. The van der Waals surface area contributed by atoms with Gasteiger partial charge in [-0.25, -0.2) is 0 Å². The summed E-state index contributed by atoms with van der Waals surface area (Å²) in [6, 6.07) is 13.7. The molecule has 2 aromatic carbocycles. The van der Waals surface area contributed by atoms with Crippen LogP contribution in [-0.4, -0.2) is 16.1 Å². The molecule has 0 fully saturated rings. The molecular formula is C14H12BrN3O2S. The average Bonchev–Trinajstić information content (AvgIpc) is 2.45. The summed E-state index contributed by atoms with van der Waals surface area (Å²) in [5.74, 6) is -0.575. The highest BCUT2D eigenvalue weighted by Gasteiger charge is 2.09. The number of aromatic hydroxyl groups is 1. The molecule has 0 saturated carbocycles. The molecule has 0 aromatic heterocycles. The van der Waals surface area contributed by atoms with E-state index in [2.05, 4.69) is 32.1 Å². The Bertz CT molecular complexity index is 679. The van der Waals surface area contributed by atoms with E-state index < -0.39 is 5.91 Å². The number of amides is 1. The zero-order valence-corrected chi connectivity index (χ0v) is 13.2. The molecule has 1 amide bonds. The van der Waals surface area contributed by atoms with Gasteiger partial charge in [-0.15, -0.1) is 0 Å². The number of carbonyl (C=O) groups excluding carboxylic acids is 1. The van der Waals surface area contributed by atoms with Crippen molar-refractivity contribution in [3.63, 3.8) is 0 Å². The Kier molecular flexibility index (Phi) is 5.13. The summed E-state index contributed by atoms with van der Waals surface area (Å²) in [5, 5.41) is 12.7. The number of carbonyl (C=O) groups is 1. The average molecular weight is 366 g/mol. The topological polar surface area (TPSA) is 73.4 Å². The van der Waals surface area contributed by atoms with Crippen molar-refractivity contribution in [3.05, 3.63) is 58.6 Å². The maximum Gasteiger partial charge on any atom is 0.273 e. The minimum atomic E-state index is -0.480. The van der Waals surface area contributed by atoms with E-state index in [1.54, 1.807) is 12.1 Å². The molecule has 0 atom stereocenters. The number of nitrogens with one attached hydrogen (secondary N) is 3. The van der Waals surface area contributed by atoms with Crippen molar-refractivity contribution in [2.75, 3.05) is 5.32 Å². The van der Waals surface area contributed by atoms with Gasteiger partial charge in [0, 0.05) is 10.2 Å². The maximum atomic E-state index is 11.8. The summed E-state index contributed by atoms with van der Waals surface area (Å²) >= 11 is 8.42. The van der Waals surface area contributed by atoms with Gasteiger partial charge >= 0.3 is 0 Å². The van der Waals surface area contributed by atoms with Crippen LogP contribution in [0.3, 0.4) is 0 Å². The SMILES string of the molecule is O=C(NNC(=S)Nc1cccc(Br)c1)c1ccccc1O. The van der Waals surface area contributed by atoms with Gasteiger partial charge in [0.25, 0.3) is 5.91 Å². The third-order valence-corrected chi connectivity index (χ3v) is 3.22. The molecule has 2 rings (SSSR count). The van der Waals surface area contributed by atoms with Gasteiger partial charge in [-0.2, -0.15) is 0 Å². The largest absolute Gasteiger partial charge is 0.507 e. The molecule has 0 bridgehead atoms. The Morgan fingerprint density at radius 3 is 2.57 bits per heavy atom. The van der Waals surface area contributed by atoms with E-state index in [0.29, 0.717) is 0 Å². The van der Waals surface area contributed by atoms with Crippen molar-refractivity contribution in [2.24, 2.45) is 0 Å². The van der Waals surface area contributed by atoms with Crippen LogP contribution in [0.15, 0.2) is 53.0 Å². The third kappa shape index (κ3) is 4.44. The molecule has 4 N–H and O–H groups in total. The molecule has 108 valence electrons. The smallest absolute Gasteiger partial charge is 0.273 e. The number of rotatable bonds is 2. The van der Waals surface area contributed by atoms with E-state index in [9.17, 15) is 9.90 Å². The summed E-state index contributed by atoms with van der Waals surface area (Å²) in [6.45, 7) is 0. The van der Waals surface area contributed by atoms with Crippen molar-refractivity contribution < 1.29 is 9.90 Å². The van der Waals surface area contributed by atoms with E-state index in [4.69, 9.17) is 12.2 Å². The minimum absolute atomic E-state index is 0.0948. The van der Waals surface area contributed by atoms with E-state index in [-0.39, 0.29) is 16.4 Å². The van der Waals surface area contributed by atoms with Crippen molar-refractivity contribution in [1.29, 1.82) is 0 Å². The van der Waals surface area contributed by atoms with E-state index in [1.165, 1.54) is 12.1 Å². The van der Waals surface area contributed by atoms with E-state index in [1.807, 2.05) is 24.3 Å². The molecule has 0 heterocycles. The number of hydrogen-bond acceptors (Lipinski definition) is 3. The Morgan fingerprint density at radius 1 is 1.10 bits per heavy atom. The molecule has 0 unspecified atom stereocenters. The van der Waals surface area contributed by atoms with Crippen LogP contribution < -0.4 is 16.2 Å². The monoisotopic (exact) mass is 365 g/mol.